The zero-order valence-electron chi connectivity index (χ0n) is 19.7. The van der Waals surface area contributed by atoms with Crippen molar-refractivity contribution in [2.45, 2.75) is 44.5 Å². The third-order valence-electron chi connectivity index (χ3n) is 6.74. The van der Waals surface area contributed by atoms with Crippen molar-refractivity contribution in [3.8, 4) is 0 Å². The van der Waals surface area contributed by atoms with Crippen molar-refractivity contribution in [3.05, 3.63) is 59.2 Å². The average molecular weight is 492 g/mol. The van der Waals surface area contributed by atoms with Crippen LogP contribution in [0.2, 0.25) is 0 Å². The molecule has 0 saturated carbocycles. The van der Waals surface area contributed by atoms with Gasteiger partial charge in [0.05, 0.1) is 12.6 Å². The van der Waals surface area contributed by atoms with Crippen molar-refractivity contribution >= 4 is 5.91 Å². The molecule has 0 radical (unpaired) electrons. The summed E-state index contributed by atoms with van der Waals surface area (Å²) in [5, 5.41) is 13.2. The van der Waals surface area contributed by atoms with E-state index in [4.69, 9.17) is 0 Å². The zero-order valence-corrected chi connectivity index (χ0v) is 19.7. The van der Waals surface area contributed by atoms with Crippen LogP contribution in [0.3, 0.4) is 0 Å². The summed E-state index contributed by atoms with van der Waals surface area (Å²) < 4.78 is 37.7. The number of amides is 1. The molecule has 1 fully saturated rings. The molecule has 2 aliphatic heterocycles. The molecule has 1 aromatic heterocycles. The first kappa shape index (κ1) is 25.5. The fourth-order valence-corrected chi connectivity index (χ4v) is 4.91. The van der Waals surface area contributed by atoms with Gasteiger partial charge in [0.2, 0.25) is 0 Å². The molecule has 35 heavy (non-hydrogen) atoms. The number of aliphatic hydroxyl groups is 1. The Morgan fingerprint density at radius 2 is 1.86 bits per heavy atom. The number of benzene rings is 1. The minimum atomic E-state index is -4.17. The van der Waals surface area contributed by atoms with Gasteiger partial charge in [-0.1, -0.05) is 24.3 Å². The summed E-state index contributed by atoms with van der Waals surface area (Å²) in [5.41, 5.74) is 3.54. The van der Waals surface area contributed by atoms with Crippen molar-refractivity contribution in [2.75, 3.05) is 39.3 Å². The molecular weight excluding hydrogens is 459 g/mol. The molecule has 1 atom stereocenters. The van der Waals surface area contributed by atoms with Crippen molar-refractivity contribution in [2.24, 2.45) is 5.92 Å². The third kappa shape index (κ3) is 7.71. The first-order chi connectivity index (χ1) is 16.7. The number of carbonyl (C=O) groups is 1. The number of likely N-dealkylation sites (tertiary alicyclic amines) is 1. The van der Waals surface area contributed by atoms with Gasteiger partial charge in [0.15, 0.2) is 0 Å². The van der Waals surface area contributed by atoms with E-state index in [9.17, 15) is 23.1 Å². The van der Waals surface area contributed by atoms with Crippen LogP contribution in [-0.2, 0) is 19.4 Å². The maximum atomic E-state index is 12.6. The minimum Gasteiger partial charge on any atom is -0.390 e. The second-order valence-electron chi connectivity index (χ2n) is 9.55. The largest absolute Gasteiger partial charge is 0.401 e. The van der Waals surface area contributed by atoms with Crippen LogP contribution in [0.15, 0.2) is 36.7 Å². The highest BCUT2D eigenvalue weighted by molar-refractivity contribution is 5.92. The lowest BCUT2D eigenvalue weighted by Crippen LogP contribution is -2.42. The molecule has 2 aliphatic rings. The van der Waals surface area contributed by atoms with Crippen molar-refractivity contribution in [1.29, 1.82) is 0 Å². The molecule has 190 valence electrons. The predicted octanol–water partition coefficient (Wildman–Crippen LogP) is 2.44. The molecule has 1 saturated heterocycles. The molecule has 10 heteroatoms. The highest BCUT2D eigenvalue weighted by Gasteiger charge is 2.32. The number of halogens is 3. The highest BCUT2D eigenvalue weighted by Crippen LogP contribution is 2.24. The summed E-state index contributed by atoms with van der Waals surface area (Å²) >= 11 is 0. The van der Waals surface area contributed by atoms with Gasteiger partial charge in [-0.05, 0) is 61.9 Å². The second-order valence-corrected chi connectivity index (χ2v) is 9.55. The SMILES string of the molecule is O=C(NC[C@H](O)CN1CCc2ccccc2C1)c1cc(CC2CCN(CC(F)(F)F)CC2)ncn1. The van der Waals surface area contributed by atoms with E-state index in [2.05, 4.69) is 32.3 Å². The number of fused-ring (bicyclic) bond motifs is 1. The Hall–Kier alpha value is -2.56. The van der Waals surface area contributed by atoms with Gasteiger partial charge in [-0.15, -0.1) is 0 Å². The summed E-state index contributed by atoms with van der Waals surface area (Å²) in [6.45, 7) is 2.18. The average Bonchev–Trinajstić information content (AvgIpc) is 2.83. The number of aliphatic hydroxyl groups excluding tert-OH is 1. The van der Waals surface area contributed by atoms with Gasteiger partial charge in [-0.25, -0.2) is 9.97 Å². The van der Waals surface area contributed by atoms with Crippen LogP contribution in [0.1, 0.15) is 40.2 Å². The van der Waals surface area contributed by atoms with Crippen molar-refractivity contribution in [1.82, 2.24) is 25.1 Å². The first-order valence-electron chi connectivity index (χ1n) is 12.1. The Bertz CT molecular complexity index is 995. The summed E-state index contributed by atoms with van der Waals surface area (Å²) in [4.78, 5) is 24.5. The lowest BCUT2D eigenvalue weighted by Gasteiger charge is -2.32. The molecule has 0 bridgehead atoms. The molecule has 1 aromatic carbocycles. The summed E-state index contributed by atoms with van der Waals surface area (Å²) in [7, 11) is 0. The fourth-order valence-electron chi connectivity index (χ4n) is 4.91. The van der Waals surface area contributed by atoms with Gasteiger partial charge in [-0.3, -0.25) is 14.6 Å². The molecule has 3 heterocycles. The molecule has 1 amide bonds. The van der Waals surface area contributed by atoms with E-state index >= 15 is 0 Å². The van der Waals surface area contributed by atoms with Crippen LogP contribution in [0.25, 0.3) is 0 Å². The van der Waals surface area contributed by atoms with Gasteiger partial charge in [-0.2, -0.15) is 13.2 Å². The number of carbonyl (C=O) groups excluding carboxylic acids is 1. The Labute approximate surface area is 203 Å². The molecule has 0 spiro atoms. The zero-order chi connectivity index (χ0) is 24.8. The van der Waals surface area contributed by atoms with E-state index < -0.39 is 18.8 Å². The normalized spacial score (nSPS) is 18.7. The maximum absolute atomic E-state index is 12.6. The molecule has 4 rings (SSSR count). The number of piperidine rings is 1. The standard InChI is InChI=1S/C25H32F3N5O2/c26-25(27,28)16-32-8-5-18(6-9-32)11-21-12-23(31-17-30-21)24(35)29-13-22(34)15-33-10-7-19-3-1-2-4-20(19)14-33/h1-4,12,17-18,22,34H,5-11,13-16H2,(H,29,35)/t22-/m0/s1. The van der Waals surface area contributed by atoms with Gasteiger partial charge >= 0.3 is 6.18 Å². The maximum Gasteiger partial charge on any atom is 0.401 e. The number of nitrogens with zero attached hydrogens (tertiary/aromatic N) is 4. The molecule has 2 aromatic rings. The Balaban J connectivity index is 1.21. The molecule has 7 nitrogen and oxygen atoms in total. The first-order valence-corrected chi connectivity index (χ1v) is 12.1. The topological polar surface area (TPSA) is 81.6 Å². The summed E-state index contributed by atoms with van der Waals surface area (Å²) in [6, 6.07) is 9.93. The second kappa shape index (κ2) is 11.5. The quantitative estimate of drug-likeness (QED) is 0.591. The number of alkyl halides is 3. The van der Waals surface area contributed by atoms with Crippen LogP contribution in [0.5, 0.6) is 0 Å². The molecule has 2 N–H and O–H groups in total. The van der Waals surface area contributed by atoms with E-state index in [1.165, 1.54) is 22.4 Å². The lowest BCUT2D eigenvalue weighted by molar-refractivity contribution is -0.148. The molecule has 0 unspecified atom stereocenters. The minimum absolute atomic E-state index is 0.119. The number of rotatable bonds is 8. The summed E-state index contributed by atoms with van der Waals surface area (Å²) in [5.74, 6) is -0.154. The number of hydrogen-bond acceptors (Lipinski definition) is 6. The highest BCUT2D eigenvalue weighted by atomic mass is 19.4. The number of aromatic nitrogens is 2. The van der Waals surface area contributed by atoms with E-state index in [0.717, 1.165) is 19.5 Å². The number of hydrogen-bond donors (Lipinski definition) is 2. The van der Waals surface area contributed by atoms with Crippen molar-refractivity contribution < 1.29 is 23.1 Å². The molecular formula is C25H32F3N5O2. The van der Waals surface area contributed by atoms with E-state index in [1.807, 2.05) is 12.1 Å². The third-order valence-corrected chi connectivity index (χ3v) is 6.74. The number of nitrogens with one attached hydrogen (secondary N) is 1. The van der Waals surface area contributed by atoms with Crippen LogP contribution >= 0.6 is 0 Å². The Morgan fingerprint density at radius 3 is 2.60 bits per heavy atom. The fraction of sp³-hybridized carbons (Fsp3) is 0.560. The van der Waals surface area contributed by atoms with Crippen LogP contribution in [0, 0.1) is 5.92 Å². The van der Waals surface area contributed by atoms with E-state index in [1.54, 1.807) is 6.07 Å². The summed E-state index contributed by atoms with van der Waals surface area (Å²) in [6.07, 6.45) is -0.669. The smallest absolute Gasteiger partial charge is 0.390 e. The van der Waals surface area contributed by atoms with Gasteiger partial charge in [0.25, 0.3) is 5.91 Å². The Morgan fingerprint density at radius 1 is 1.11 bits per heavy atom. The van der Waals surface area contributed by atoms with E-state index in [0.29, 0.717) is 44.6 Å². The monoisotopic (exact) mass is 491 g/mol. The van der Waals surface area contributed by atoms with Gasteiger partial charge in [0.1, 0.15) is 12.0 Å². The Kier molecular flexibility index (Phi) is 8.35. The van der Waals surface area contributed by atoms with Crippen molar-refractivity contribution in [3.63, 3.8) is 0 Å². The van der Waals surface area contributed by atoms with Crippen LogP contribution in [0.4, 0.5) is 13.2 Å². The lowest BCUT2D eigenvalue weighted by atomic mass is 9.92. The van der Waals surface area contributed by atoms with Gasteiger partial charge in [0, 0.05) is 31.9 Å². The van der Waals surface area contributed by atoms with Crippen LogP contribution in [-0.4, -0.2) is 82.3 Å². The number of β-amino-alcohol motifs (C(OH)–C–C–N with tert-alkyl or cyclic N) is 1. The van der Waals surface area contributed by atoms with E-state index in [-0.39, 0.29) is 24.1 Å². The van der Waals surface area contributed by atoms with Gasteiger partial charge < -0.3 is 10.4 Å². The predicted molar refractivity (Wildman–Crippen MR) is 125 cm³/mol. The van der Waals surface area contributed by atoms with Crippen LogP contribution < -0.4 is 5.32 Å². The molecule has 0 aliphatic carbocycles.